The van der Waals surface area contributed by atoms with E-state index in [9.17, 15) is 9.59 Å². The lowest BCUT2D eigenvalue weighted by molar-refractivity contribution is -0.130. The molecule has 2 aliphatic heterocycles. The third-order valence-corrected chi connectivity index (χ3v) is 9.66. The van der Waals surface area contributed by atoms with Crippen LogP contribution in [0.5, 0.6) is 11.5 Å². The van der Waals surface area contributed by atoms with Crippen LogP contribution in [-0.2, 0) is 43.1 Å². The Kier molecular flexibility index (Phi) is 19.9. The molecular weight excluding hydrogens is 760 g/mol. The van der Waals surface area contributed by atoms with Crippen molar-refractivity contribution >= 4 is 22.8 Å². The summed E-state index contributed by atoms with van der Waals surface area (Å²) in [4.78, 5) is 24.7. The van der Waals surface area contributed by atoms with Crippen molar-refractivity contribution in [3.63, 3.8) is 0 Å². The van der Waals surface area contributed by atoms with E-state index in [0.717, 1.165) is 60.1 Å². The molecule has 2 aliphatic rings. The average Bonchev–Trinajstić information content (AvgIpc) is 3.27. The Hall–Kier alpha value is -5.25. The van der Waals surface area contributed by atoms with Crippen LogP contribution in [0.25, 0.3) is 0 Å². The first-order valence-corrected chi connectivity index (χ1v) is 20.5. The number of allylic oxidation sites excluding steroid dienone is 7. The number of benzene rings is 4. The number of carbonyl (C=O) groups excluding carboxylic acids is 2. The topological polar surface area (TPSA) is 86.3 Å². The first-order chi connectivity index (χ1) is 28.5. The third-order valence-electron chi connectivity index (χ3n) is 9.54. The maximum Gasteiger partial charge on any atom is 0.246 e. The Bertz CT molecular complexity index is 1950. The van der Waals surface area contributed by atoms with Crippen LogP contribution in [0.3, 0.4) is 0 Å². The molecule has 0 saturated carbocycles. The van der Waals surface area contributed by atoms with Gasteiger partial charge in [0.1, 0.15) is 24.7 Å². The first kappa shape index (κ1) is 46.4. The van der Waals surface area contributed by atoms with E-state index in [1.807, 2.05) is 108 Å². The van der Waals surface area contributed by atoms with Crippen molar-refractivity contribution in [2.24, 2.45) is 0 Å². The van der Waals surface area contributed by atoms with Gasteiger partial charge in [-0.25, -0.2) is 0 Å². The molecule has 0 radical (unpaired) electrons. The summed E-state index contributed by atoms with van der Waals surface area (Å²) in [6, 6.07) is 36.5. The Morgan fingerprint density at radius 1 is 0.627 bits per heavy atom. The Morgan fingerprint density at radius 3 is 1.51 bits per heavy atom. The molecule has 59 heavy (non-hydrogen) atoms. The highest BCUT2D eigenvalue weighted by molar-refractivity contribution is 6.66. The van der Waals surface area contributed by atoms with Gasteiger partial charge in [-0.2, -0.15) is 0 Å². The molecule has 2 saturated heterocycles. The van der Waals surface area contributed by atoms with Crippen LogP contribution in [-0.4, -0.2) is 68.7 Å². The Balaban J connectivity index is 0.000000231. The summed E-state index contributed by atoms with van der Waals surface area (Å²) < 4.78 is 22.1. The monoisotopic (exact) mass is 818 g/mol. The van der Waals surface area contributed by atoms with Crippen molar-refractivity contribution < 1.29 is 28.5 Å². The average molecular weight is 819 g/mol. The molecule has 2 fully saturated rings. The zero-order valence-electron chi connectivity index (χ0n) is 34.9. The summed E-state index contributed by atoms with van der Waals surface area (Å²) in [6.45, 7) is 16.0. The zero-order valence-corrected chi connectivity index (χ0v) is 35.6. The van der Waals surface area contributed by atoms with Crippen LogP contribution in [0.4, 0.5) is 0 Å². The maximum atomic E-state index is 12.2. The van der Waals surface area contributed by atoms with Gasteiger partial charge >= 0.3 is 0 Å². The SMILES string of the molecule is C1COCCN1.CC(C)(/C=C/C=C/C(=O)Cl)c1cccc(OCc2ccccc2)c1.CC(C)(/C=C/C=C/C(=O)N1CCOCC1)c1cccc(OCc2ccccc2)c1. The van der Waals surface area contributed by atoms with E-state index in [1.54, 1.807) is 12.2 Å². The normalized spacial score (nSPS) is 14.8. The lowest BCUT2D eigenvalue weighted by atomic mass is 9.84. The first-order valence-electron chi connectivity index (χ1n) is 20.1. The number of carbonyl (C=O) groups is 2. The van der Waals surface area contributed by atoms with Gasteiger partial charge in [0.2, 0.25) is 11.1 Å². The lowest BCUT2D eigenvalue weighted by Crippen LogP contribution is -2.39. The summed E-state index contributed by atoms with van der Waals surface area (Å²) in [5.41, 5.74) is 4.21. The summed E-state index contributed by atoms with van der Waals surface area (Å²) >= 11 is 5.27. The molecule has 312 valence electrons. The van der Waals surface area contributed by atoms with E-state index >= 15 is 0 Å². The minimum Gasteiger partial charge on any atom is -0.489 e. The second kappa shape index (κ2) is 25.3. The highest BCUT2D eigenvalue weighted by Gasteiger charge is 2.19. The van der Waals surface area contributed by atoms with E-state index in [-0.39, 0.29) is 16.7 Å². The van der Waals surface area contributed by atoms with Crippen molar-refractivity contribution in [2.75, 3.05) is 52.6 Å². The summed E-state index contributed by atoms with van der Waals surface area (Å²) in [7, 11) is 0. The predicted molar refractivity (Wildman–Crippen MR) is 239 cm³/mol. The fourth-order valence-corrected chi connectivity index (χ4v) is 5.99. The van der Waals surface area contributed by atoms with E-state index in [0.29, 0.717) is 39.5 Å². The quantitative estimate of drug-likeness (QED) is 0.0771. The van der Waals surface area contributed by atoms with Gasteiger partial charge in [-0.05, 0) is 64.2 Å². The van der Waals surface area contributed by atoms with Gasteiger partial charge in [-0.1, -0.05) is 149 Å². The molecule has 8 nitrogen and oxygen atoms in total. The van der Waals surface area contributed by atoms with E-state index in [4.69, 9.17) is 30.5 Å². The molecule has 4 aromatic carbocycles. The molecule has 2 heterocycles. The van der Waals surface area contributed by atoms with Crippen molar-refractivity contribution in [3.8, 4) is 11.5 Å². The largest absolute Gasteiger partial charge is 0.489 e. The number of hydrogen-bond acceptors (Lipinski definition) is 7. The van der Waals surface area contributed by atoms with Gasteiger partial charge < -0.3 is 29.2 Å². The molecule has 9 heteroatoms. The van der Waals surface area contributed by atoms with Crippen molar-refractivity contribution in [3.05, 3.63) is 180 Å². The van der Waals surface area contributed by atoms with Gasteiger partial charge in [0.25, 0.3) is 0 Å². The molecule has 1 amide bonds. The molecule has 0 bridgehead atoms. The predicted octanol–water partition coefficient (Wildman–Crippen LogP) is 9.54. The zero-order chi connectivity index (χ0) is 42.2. The molecule has 0 aromatic heterocycles. The number of morpholine rings is 2. The smallest absolute Gasteiger partial charge is 0.246 e. The van der Waals surface area contributed by atoms with Crippen molar-refractivity contribution in [1.29, 1.82) is 0 Å². The molecule has 0 spiro atoms. The van der Waals surface area contributed by atoms with Gasteiger partial charge in [0.05, 0.1) is 26.4 Å². The highest BCUT2D eigenvalue weighted by atomic mass is 35.5. The van der Waals surface area contributed by atoms with Crippen molar-refractivity contribution in [1.82, 2.24) is 10.2 Å². The molecule has 1 N–H and O–H groups in total. The standard InChI is InChI=1S/C25H29NO3.C21H21ClO2.C4H9NO/c1-25(2,14-7-6-13-24(27)26-15-17-28-18-16-26)22-11-8-12-23(19-22)29-20-21-9-4-3-5-10-21;1-21(2,14-7-6-13-20(22)23)18-11-8-12-19(15-18)24-16-17-9-4-3-5-10-17;1-3-6-4-2-5-1/h3-14,19H,15-18,20H2,1-2H3;3-15H,16H2,1-2H3;5H,1-4H2/b2*13-6+,14-7+;. The molecule has 0 atom stereocenters. The summed E-state index contributed by atoms with van der Waals surface area (Å²) in [5.74, 6) is 1.72. The molecule has 0 unspecified atom stereocenters. The number of amides is 1. The Morgan fingerprint density at radius 2 is 1.08 bits per heavy atom. The Labute approximate surface area is 356 Å². The second-order valence-electron chi connectivity index (χ2n) is 15.1. The van der Waals surface area contributed by atoms with Crippen LogP contribution in [0.15, 0.2) is 158 Å². The van der Waals surface area contributed by atoms with Crippen LogP contribution >= 0.6 is 11.6 Å². The molecular formula is C50H59ClN2O6. The van der Waals surface area contributed by atoms with Crippen LogP contribution < -0.4 is 14.8 Å². The summed E-state index contributed by atoms with van der Waals surface area (Å²) in [5, 5.41) is 2.68. The molecule has 4 aromatic rings. The van der Waals surface area contributed by atoms with Crippen LogP contribution in [0.2, 0.25) is 0 Å². The fourth-order valence-electron chi connectivity index (χ4n) is 5.91. The van der Waals surface area contributed by atoms with Crippen molar-refractivity contribution in [2.45, 2.75) is 51.7 Å². The maximum absolute atomic E-state index is 12.2. The number of nitrogens with one attached hydrogen (secondary N) is 1. The summed E-state index contributed by atoms with van der Waals surface area (Å²) in [6.07, 6.45) is 14.3. The van der Waals surface area contributed by atoms with Crippen LogP contribution in [0, 0.1) is 0 Å². The lowest BCUT2D eigenvalue weighted by Gasteiger charge is -2.25. The molecule has 6 rings (SSSR count). The second-order valence-corrected chi connectivity index (χ2v) is 15.5. The number of rotatable bonds is 14. The molecule has 0 aliphatic carbocycles. The number of nitrogens with zero attached hydrogens (tertiary/aromatic N) is 1. The van der Waals surface area contributed by atoms with Gasteiger partial charge in [0, 0.05) is 43.1 Å². The van der Waals surface area contributed by atoms with Crippen LogP contribution in [0.1, 0.15) is 49.9 Å². The van der Waals surface area contributed by atoms with Gasteiger partial charge in [-0.15, -0.1) is 0 Å². The fraction of sp³-hybridized carbons (Fsp3) is 0.320. The third kappa shape index (κ3) is 18.1. The van der Waals surface area contributed by atoms with E-state index in [1.165, 1.54) is 6.08 Å². The number of ether oxygens (including phenoxy) is 4. The minimum atomic E-state index is -0.478. The van der Waals surface area contributed by atoms with E-state index < -0.39 is 5.24 Å². The van der Waals surface area contributed by atoms with Gasteiger partial charge in [-0.3, -0.25) is 9.59 Å². The highest BCUT2D eigenvalue weighted by Crippen LogP contribution is 2.29. The number of hydrogen-bond donors (Lipinski definition) is 1. The van der Waals surface area contributed by atoms with Gasteiger partial charge in [0.15, 0.2) is 0 Å². The number of halogens is 1. The minimum absolute atomic E-state index is 0.0343. The van der Waals surface area contributed by atoms with E-state index in [2.05, 4.69) is 69.4 Å².